The first kappa shape index (κ1) is 14.9. The van der Waals surface area contributed by atoms with E-state index in [1.54, 1.807) is 18.0 Å². The van der Waals surface area contributed by atoms with Crippen LogP contribution in [-0.2, 0) is 0 Å². The molecule has 1 aromatic rings. The van der Waals surface area contributed by atoms with Gasteiger partial charge in [0.25, 0.3) is 5.91 Å². The Morgan fingerprint density at radius 1 is 1.38 bits per heavy atom. The highest BCUT2D eigenvalue weighted by molar-refractivity contribution is 7.99. The van der Waals surface area contributed by atoms with Crippen LogP contribution in [0, 0.1) is 0 Å². The second-order valence-corrected chi connectivity index (χ2v) is 7.07. The summed E-state index contributed by atoms with van der Waals surface area (Å²) in [6, 6.07) is 4.67. The molecule has 21 heavy (non-hydrogen) atoms. The summed E-state index contributed by atoms with van der Waals surface area (Å²) < 4.78 is 0. The maximum Gasteiger partial charge on any atom is 0.253 e. The molecular weight excluding hydrogens is 282 g/mol. The Morgan fingerprint density at radius 3 is 3.05 bits per heavy atom. The number of aromatic nitrogens is 1. The average Bonchev–Trinajstić information content (AvgIpc) is 2.92. The van der Waals surface area contributed by atoms with E-state index in [-0.39, 0.29) is 5.91 Å². The van der Waals surface area contributed by atoms with Crippen LogP contribution in [-0.4, -0.2) is 46.7 Å². The minimum absolute atomic E-state index is 0.0213. The molecule has 3 heterocycles. The lowest BCUT2D eigenvalue weighted by molar-refractivity contribution is 0.0915. The van der Waals surface area contributed by atoms with Crippen LogP contribution in [0.5, 0.6) is 0 Å². The topological polar surface area (TPSA) is 45.2 Å². The van der Waals surface area contributed by atoms with E-state index in [1.165, 1.54) is 25.8 Å². The van der Waals surface area contributed by atoms with Crippen LogP contribution in [0.1, 0.15) is 43.0 Å². The lowest BCUT2D eigenvalue weighted by atomic mass is 9.99. The van der Waals surface area contributed by atoms with Gasteiger partial charge in [0.05, 0.1) is 10.6 Å². The molecule has 0 radical (unpaired) electrons. The molecule has 2 aliphatic rings. The number of thioether (sulfide) groups is 1. The van der Waals surface area contributed by atoms with Gasteiger partial charge in [-0.15, -0.1) is 11.8 Å². The van der Waals surface area contributed by atoms with Gasteiger partial charge in [-0.3, -0.25) is 9.69 Å². The molecule has 0 aromatic carbocycles. The summed E-state index contributed by atoms with van der Waals surface area (Å²) in [5, 5.41) is 4.20. The second-order valence-electron chi connectivity index (χ2n) is 5.79. The number of fused-ring (bicyclic) bond motifs is 1. The van der Waals surface area contributed by atoms with E-state index in [0.29, 0.717) is 17.6 Å². The largest absolute Gasteiger partial charge is 0.348 e. The molecule has 2 atom stereocenters. The van der Waals surface area contributed by atoms with Crippen molar-refractivity contribution in [2.24, 2.45) is 0 Å². The van der Waals surface area contributed by atoms with Gasteiger partial charge >= 0.3 is 0 Å². The number of nitrogens with one attached hydrogen (secondary N) is 1. The number of carbonyl (C=O) groups excluding carboxylic acids is 1. The predicted octanol–water partition coefficient (Wildman–Crippen LogP) is 2.55. The van der Waals surface area contributed by atoms with Crippen molar-refractivity contribution in [1.82, 2.24) is 15.2 Å². The van der Waals surface area contributed by atoms with Crippen molar-refractivity contribution in [2.45, 2.75) is 49.7 Å². The third-order valence-corrected chi connectivity index (χ3v) is 5.29. The van der Waals surface area contributed by atoms with E-state index in [0.717, 1.165) is 23.7 Å². The number of hydrogen-bond donors (Lipinski definition) is 1. The number of pyridine rings is 1. The molecule has 0 unspecified atom stereocenters. The third-order valence-electron chi connectivity index (χ3n) is 4.46. The fourth-order valence-electron chi connectivity index (χ4n) is 3.42. The monoisotopic (exact) mass is 305 g/mol. The Hall–Kier alpha value is -1.07. The molecule has 0 bridgehead atoms. The van der Waals surface area contributed by atoms with Gasteiger partial charge < -0.3 is 5.32 Å². The van der Waals surface area contributed by atoms with E-state index in [9.17, 15) is 4.79 Å². The molecule has 1 N–H and O–H groups in total. The number of rotatable bonds is 4. The zero-order valence-electron chi connectivity index (χ0n) is 12.5. The minimum Gasteiger partial charge on any atom is -0.348 e. The van der Waals surface area contributed by atoms with Crippen LogP contribution >= 0.6 is 11.8 Å². The van der Waals surface area contributed by atoms with Crippen molar-refractivity contribution in [3.63, 3.8) is 0 Å². The first-order chi connectivity index (χ1) is 10.3. The third kappa shape index (κ3) is 3.40. The molecule has 2 fully saturated rings. The number of piperidine rings is 1. The Bertz CT molecular complexity index is 491. The highest BCUT2D eigenvalue weighted by Crippen LogP contribution is 2.27. The molecule has 0 spiro atoms. The number of nitrogens with zero attached hydrogens (tertiary/aromatic N) is 2. The number of carbonyl (C=O) groups is 1. The minimum atomic E-state index is 0.0213. The van der Waals surface area contributed by atoms with Crippen LogP contribution in [0.4, 0.5) is 0 Å². The standard InChI is InChI=1S/C16H23N3OS/c1-2-21-15-7-6-12(11-17-15)16(20)18-13-8-10-19-9-4-3-5-14(13)19/h6-7,11,13-14H,2-5,8-10H2,1H3,(H,18,20)/t13-,14-/m0/s1. The Morgan fingerprint density at radius 2 is 2.29 bits per heavy atom. The smallest absolute Gasteiger partial charge is 0.253 e. The van der Waals surface area contributed by atoms with Crippen molar-refractivity contribution in [3.05, 3.63) is 23.9 Å². The normalized spacial score (nSPS) is 25.6. The van der Waals surface area contributed by atoms with E-state index in [4.69, 9.17) is 0 Å². The van der Waals surface area contributed by atoms with Crippen LogP contribution < -0.4 is 5.32 Å². The molecule has 2 aliphatic heterocycles. The van der Waals surface area contributed by atoms with Gasteiger partial charge in [-0.2, -0.15) is 0 Å². The molecule has 3 rings (SSSR count). The molecule has 114 valence electrons. The summed E-state index contributed by atoms with van der Waals surface area (Å²) in [6.07, 6.45) is 6.58. The van der Waals surface area contributed by atoms with Crippen molar-refractivity contribution in [2.75, 3.05) is 18.8 Å². The van der Waals surface area contributed by atoms with E-state index in [2.05, 4.69) is 22.1 Å². The summed E-state index contributed by atoms with van der Waals surface area (Å²) in [5.41, 5.74) is 0.671. The SMILES string of the molecule is CCSc1ccc(C(=O)N[C@H]2CCN3CCCC[C@@H]23)cn1. The molecule has 4 nitrogen and oxygen atoms in total. The zero-order chi connectivity index (χ0) is 14.7. The molecule has 2 saturated heterocycles. The van der Waals surface area contributed by atoms with E-state index < -0.39 is 0 Å². The average molecular weight is 305 g/mol. The summed E-state index contributed by atoms with van der Waals surface area (Å²) in [7, 11) is 0. The van der Waals surface area contributed by atoms with Crippen LogP contribution in [0.15, 0.2) is 23.4 Å². The van der Waals surface area contributed by atoms with Gasteiger partial charge in [-0.1, -0.05) is 13.3 Å². The summed E-state index contributed by atoms with van der Waals surface area (Å²) in [6.45, 7) is 4.42. The van der Waals surface area contributed by atoms with Gasteiger partial charge in [-0.05, 0) is 43.7 Å². The summed E-state index contributed by atoms with van der Waals surface area (Å²) in [4.78, 5) is 19.2. The van der Waals surface area contributed by atoms with Crippen molar-refractivity contribution in [1.29, 1.82) is 0 Å². The highest BCUT2D eigenvalue weighted by Gasteiger charge is 2.36. The van der Waals surface area contributed by atoms with E-state index >= 15 is 0 Å². The molecule has 0 aliphatic carbocycles. The zero-order valence-corrected chi connectivity index (χ0v) is 13.4. The molecule has 1 amide bonds. The van der Waals surface area contributed by atoms with Gasteiger partial charge in [0.15, 0.2) is 0 Å². The van der Waals surface area contributed by atoms with Crippen molar-refractivity contribution < 1.29 is 4.79 Å². The summed E-state index contributed by atoms with van der Waals surface area (Å²) in [5.74, 6) is 1.02. The molecular formula is C16H23N3OS. The molecule has 1 aromatic heterocycles. The van der Waals surface area contributed by atoms with Gasteiger partial charge in [0.2, 0.25) is 0 Å². The predicted molar refractivity (Wildman–Crippen MR) is 85.7 cm³/mol. The quantitative estimate of drug-likeness (QED) is 0.868. The van der Waals surface area contributed by atoms with Crippen molar-refractivity contribution >= 4 is 17.7 Å². The molecule has 5 heteroatoms. The maximum absolute atomic E-state index is 12.4. The lowest BCUT2D eigenvalue weighted by Gasteiger charge is -2.32. The van der Waals surface area contributed by atoms with Crippen LogP contribution in [0.3, 0.4) is 0 Å². The molecule has 0 saturated carbocycles. The maximum atomic E-state index is 12.4. The first-order valence-corrected chi connectivity index (χ1v) is 8.90. The Labute approximate surface area is 130 Å². The van der Waals surface area contributed by atoms with Crippen LogP contribution in [0.2, 0.25) is 0 Å². The van der Waals surface area contributed by atoms with Crippen LogP contribution in [0.25, 0.3) is 0 Å². The van der Waals surface area contributed by atoms with Gasteiger partial charge in [0.1, 0.15) is 0 Å². The fourth-order valence-corrected chi connectivity index (χ4v) is 4.00. The number of amides is 1. The van der Waals surface area contributed by atoms with Gasteiger partial charge in [-0.25, -0.2) is 4.98 Å². The van der Waals surface area contributed by atoms with Crippen molar-refractivity contribution in [3.8, 4) is 0 Å². The Balaban J connectivity index is 1.60. The Kier molecular flexibility index (Phi) is 4.80. The fraction of sp³-hybridized carbons (Fsp3) is 0.625. The first-order valence-electron chi connectivity index (χ1n) is 7.91. The van der Waals surface area contributed by atoms with E-state index in [1.807, 2.05) is 12.1 Å². The number of hydrogen-bond acceptors (Lipinski definition) is 4. The van der Waals surface area contributed by atoms with Gasteiger partial charge in [0, 0.05) is 24.8 Å². The second kappa shape index (κ2) is 6.79. The lowest BCUT2D eigenvalue weighted by Crippen LogP contribution is -2.46. The summed E-state index contributed by atoms with van der Waals surface area (Å²) >= 11 is 1.69. The highest BCUT2D eigenvalue weighted by atomic mass is 32.2.